The summed E-state index contributed by atoms with van der Waals surface area (Å²) >= 11 is 0. The van der Waals surface area contributed by atoms with Crippen LogP contribution in [0.2, 0.25) is 0 Å². The SMILES string of the molecule is CC1CNc2nc(-c3ccc(F)cc3)nn2C1. The molecule has 1 atom stereocenters. The Balaban J connectivity index is 1.97. The molecule has 0 spiro atoms. The van der Waals surface area contributed by atoms with Crippen molar-refractivity contribution in [1.29, 1.82) is 0 Å². The molecule has 3 rings (SSSR count). The van der Waals surface area contributed by atoms with Crippen molar-refractivity contribution in [2.45, 2.75) is 13.5 Å². The molecule has 1 aliphatic heterocycles. The number of benzene rings is 1. The largest absolute Gasteiger partial charge is 0.354 e. The fraction of sp³-hybridized carbons (Fsp3) is 0.333. The molecular formula is C12H13FN4. The molecule has 1 unspecified atom stereocenters. The summed E-state index contributed by atoms with van der Waals surface area (Å²) in [5, 5.41) is 7.65. The summed E-state index contributed by atoms with van der Waals surface area (Å²) in [6, 6.07) is 6.23. The molecule has 2 heterocycles. The van der Waals surface area contributed by atoms with Gasteiger partial charge in [-0.1, -0.05) is 6.92 Å². The minimum absolute atomic E-state index is 0.246. The Morgan fingerprint density at radius 3 is 2.88 bits per heavy atom. The molecule has 1 N–H and O–H groups in total. The molecule has 17 heavy (non-hydrogen) atoms. The second-order valence-electron chi connectivity index (χ2n) is 4.43. The lowest BCUT2D eigenvalue weighted by Gasteiger charge is -2.19. The summed E-state index contributed by atoms with van der Waals surface area (Å²) in [5.41, 5.74) is 0.836. The minimum atomic E-state index is -0.246. The molecular weight excluding hydrogens is 219 g/mol. The van der Waals surface area contributed by atoms with Gasteiger partial charge < -0.3 is 5.32 Å². The van der Waals surface area contributed by atoms with Crippen molar-refractivity contribution in [1.82, 2.24) is 14.8 Å². The van der Waals surface area contributed by atoms with Gasteiger partial charge in [0.2, 0.25) is 5.95 Å². The van der Waals surface area contributed by atoms with Gasteiger partial charge in [-0.2, -0.15) is 4.98 Å². The molecule has 2 aromatic rings. The number of anilines is 1. The van der Waals surface area contributed by atoms with E-state index in [9.17, 15) is 4.39 Å². The molecule has 1 aliphatic rings. The lowest BCUT2D eigenvalue weighted by atomic mass is 10.1. The smallest absolute Gasteiger partial charge is 0.221 e. The molecule has 0 fully saturated rings. The highest BCUT2D eigenvalue weighted by molar-refractivity contribution is 5.56. The third kappa shape index (κ3) is 1.88. The summed E-state index contributed by atoms with van der Waals surface area (Å²) in [7, 11) is 0. The second-order valence-corrected chi connectivity index (χ2v) is 4.43. The average Bonchev–Trinajstić information content (AvgIpc) is 2.72. The highest BCUT2D eigenvalue weighted by atomic mass is 19.1. The molecule has 0 aliphatic carbocycles. The van der Waals surface area contributed by atoms with E-state index in [-0.39, 0.29) is 5.82 Å². The predicted octanol–water partition coefficient (Wildman–Crippen LogP) is 2.15. The Morgan fingerprint density at radius 1 is 1.35 bits per heavy atom. The van der Waals surface area contributed by atoms with E-state index < -0.39 is 0 Å². The standard InChI is InChI=1S/C12H13FN4/c1-8-6-14-12-15-11(16-17(12)7-8)9-2-4-10(13)5-3-9/h2-5,8H,6-7H2,1H3,(H,14,15,16). The van der Waals surface area contributed by atoms with E-state index in [4.69, 9.17) is 0 Å². The van der Waals surface area contributed by atoms with Gasteiger partial charge in [0.25, 0.3) is 0 Å². The van der Waals surface area contributed by atoms with Gasteiger partial charge in [-0.25, -0.2) is 9.07 Å². The molecule has 1 aromatic carbocycles. The van der Waals surface area contributed by atoms with Crippen LogP contribution >= 0.6 is 0 Å². The molecule has 4 nitrogen and oxygen atoms in total. The van der Waals surface area contributed by atoms with Crippen molar-refractivity contribution in [2.75, 3.05) is 11.9 Å². The predicted molar refractivity (Wildman–Crippen MR) is 63.1 cm³/mol. The highest BCUT2D eigenvalue weighted by Gasteiger charge is 2.18. The number of nitrogens with zero attached hydrogens (tertiary/aromatic N) is 3. The monoisotopic (exact) mass is 232 g/mol. The Hall–Kier alpha value is -1.91. The number of hydrogen-bond acceptors (Lipinski definition) is 3. The summed E-state index contributed by atoms with van der Waals surface area (Å²) in [6.45, 7) is 3.95. The zero-order valence-corrected chi connectivity index (χ0v) is 9.52. The first-order valence-corrected chi connectivity index (χ1v) is 5.67. The zero-order valence-electron chi connectivity index (χ0n) is 9.52. The van der Waals surface area contributed by atoms with E-state index in [1.807, 2.05) is 4.68 Å². The van der Waals surface area contributed by atoms with Crippen LogP contribution in [0.25, 0.3) is 11.4 Å². The zero-order chi connectivity index (χ0) is 11.8. The van der Waals surface area contributed by atoms with E-state index in [0.717, 1.165) is 24.6 Å². The van der Waals surface area contributed by atoms with Gasteiger partial charge in [0, 0.05) is 18.7 Å². The van der Waals surface area contributed by atoms with E-state index in [2.05, 4.69) is 22.3 Å². The van der Waals surface area contributed by atoms with Crippen LogP contribution in [0.15, 0.2) is 24.3 Å². The Kier molecular flexibility index (Phi) is 2.31. The van der Waals surface area contributed by atoms with Crippen LogP contribution in [-0.2, 0) is 6.54 Å². The molecule has 1 aromatic heterocycles. The fourth-order valence-electron chi connectivity index (χ4n) is 1.95. The van der Waals surface area contributed by atoms with E-state index in [1.165, 1.54) is 12.1 Å². The van der Waals surface area contributed by atoms with E-state index >= 15 is 0 Å². The molecule has 0 saturated carbocycles. The number of fused-ring (bicyclic) bond motifs is 1. The minimum Gasteiger partial charge on any atom is -0.354 e. The molecule has 5 heteroatoms. The lowest BCUT2D eigenvalue weighted by molar-refractivity contribution is 0.444. The molecule has 88 valence electrons. The Labute approximate surface area is 98.5 Å². The first kappa shape index (κ1) is 10.3. The van der Waals surface area contributed by atoms with Crippen molar-refractivity contribution in [3.05, 3.63) is 30.1 Å². The maximum absolute atomic E-state index is 12.8. The normalized spacial score (nSPS) is 18.6. The van der Waals surface area contributed by atoms with Crippen LogP contribution in [0.5, 0.6) is 0 Å². The number of hydrogen-bond donors (Lipinski definition) is 1. The quantitative estimate of drug-likeness (QED) is 0.819. The Morgan fingerprint density at radius 2 is 2.12 bits per heavy atom. The van der Waals surface area contributed by atoms with Gasteiger partial charge in [-0.15, -0.1) is 5.10 Å². The van der Waals surface area contributed by atoms with Gasteiger partial charge in [0.15, 0.2) is 5.82 Å². The van der Waals surface area contributed by atoms with Gasteiger partial charge >= 0.3 is 0 Å². The number of halogens is 1. The van der Waals surface area contributed by atoms with Crippen molar-refractivity contribution in [3.8, 4) is 11.4 Å². The number of nitrogens with one attached hydrogen (secondary N) is 1. The lowest BCUT2D eigenvalue weighted by Crippen LogP contribution is -2.25. The average molecular weight is 232 g/mol. The molecule has 0 saturated heterocycles. The first-order chi connectivity index (χ1) is 8.22. The first-order valence-electron chi connectivity index (χ1n) is 5.67. The van der Waals surface area contributed by atoms with Crippen LogP contribution < -0.4 is 5.32 Å². The summed E-state index contributed by atoms with van der Waals surface area (Å²) in [6.07, 6.45) is 0. The highest BCUT2D eigenvalue weighted by Crippen LogP contribution is 2.21. The maximum atomic E-state index is 12.8. The third-order valence-corrected chi connectivity index (χ3v) is 2.87. The molecule has 0 bridgehead atoms. The number of rotatable bonds is 1. The van der Waals surface area contributed by atoms with Crippen LogP contribution in [0.1, 0.15) is 6.92 Å². The summed E-state index contributed by atoms with van der Waals surface area (Å²) < 4.78 is 14.7. The Bertz CT molecular complexity index is 532. The van der Waals surface area contributed by atoms with Crippen molar-refractivity contribution in [2.24, 2.45) is 5.92 Å². The van der Waals surface area contributed by atoms with Crippen LogP contribution in [0.4, 0.5) is 10.3 Å². The van der Waals surface area contributed by atoms with Crippen LogP contribution in [0, 0.1) is 11.7 Å². The van der Waals surface area contributed by atoms with Gasteiger partial charge in [0.1, 0.15) is 5.82 Å². The maximum Gasteiger partial charge on any atom is 0.221 e. The summed E-state index contributed by atoms with van der Waals surface area (Å²) in [5.74, 6) is 1.73. The summed E-state index contributed by atoms with van der Waals surface area (Å²) in [4.78, 5) is 4.40. The van der Waals surface area contributed by atoms with Crippen molar-refractivity contribution < 1.29 is 4.39 Å². The van der Waals surface area contributed by atoms with Gasteiger partial charge in [-0.05, 0) is 30.2 Å². The van der Waals surface area contributed by atoms with E-state index in [1.54, 1.807) is 12.1 Å². The van der Waals surface area contributed by atoms with Gasteiger partial charge in [-0.3, -0.25) is 0 Å². The topological polar surface area (TPSA) is 42.7 Å². The van der Waals surface area contributed by atoms with E-state index in [0.29, 0.717) is 11.7 Å². The van der Waals surface area contributed by atoms with Crippen LogP contribution in [-0.4, -0.2) is 21.3 Å². The fourth-order valence-corrected chi connectivity index (χ4v) is 1.95. The van der Waals surface area contributed by atoms with Crippen LogP contribution in [0.3, 0.4) is 0 Å². The molecule has 0 radical (unpaired) electrons. The number of aromatic nitrogens is 3. The van der Waals surface area contributed by atoms with Crippen molar-refractivity contribution >= 4 is 5.95 Å². The van der Waals surface area contributed by atoms with Crippen molar-refractivity contribution in [3.63, 3.8) is 0 Å². The second kappa shape index (κ2) is 3.84. The molecule has 0 amide bonds. The third-order valence-electron chi connectivity index (χ3n) is 2.87. The van der Waals surface area contributed by atoms with Gasteiger partial charge in [0.05, 0.1) is 0 Å².